The third-order valence-corrected chi connectivity index (χ3v) is 5.88. The molecule has 0 saturated carbocycles. The lowest BCUT2D eigenvalue weighted by Crippen LogP contribution is -2.38. The number of thiol groups is 1. The van der Waals surface area contributed by atoms with Gasteiger partial charge >= 0.3 is 0 Å². The Kier molecular flexibility index (Phi) is 4.27. The zero-order valence-corrected chi connectivity index (χ0v) is 13.6. The van der Waals surface area contributed by atoms with Crippen LogP contribution in [0.25, 0.3) is 0 Å². The Hall–Kier alpha value is -0.530. The summed E-state index contributed by atoms with van der Waals surface area (Å²) in [6, 6.07) is 4.96. The van der Waals surface area contributed by atoms with E-state index in [1.54, 1.807) is 25.2 Å². The highest BCUT2D eigenvalue weighted by molar-refractivity contribution is 9.10. The maximum atomic E-state index is 12.3. The molecule has 19 heavy (non-hydrogen) atoms. The van der Waals surface area contributed by atoms with Crippen molar-refractivity contribution in [1.29, 1.82) is 0 Å². The van der Waals surface area contributed by atoms with Gasteiger partial charge in [-0.3, -0.25) is 4.79 Å². The van der Waals surface area contributed by atoms with Gasteiger partial charge in [0.05, 0.1) is 17.1 Å². The average Bonchev–Trinajstić information content (AvgIpc) is 2.68. The normalized spacial score (nSPS) is 21.3. The fourth-order valence-electron chi connectivity index (χ4n) is 2.12. The molecule has 1 aromatic carbocycles. The topological polar surface area (TPSA) is 54.5 Å². The molecule has 1 aliphatic heterocycles. The molecule has 1 saturated heterocycles. The predicted molar refractivity (Wildman–Crippen MR) is 80.5 cm³/mol. The standard InChI is InChI=1S/C12H14BrNO3S2/c1-14(9-4-5-19(16,17)7-9)12(15)10-3-2-8(13)6-11(10)18/h2-3,6,9,18H,4-5,7H2,1H3. The van der Waals surface area contributed by atoms with E-state index in [1.165, 1.54) is 4.90 Å². The zero-order valence-electron chi connectivity index (χ0n) is 10.3. The highest BCUT2D eigenvalue weighted by Crippen LogP contribution is 2.23. The number of benzene rings is 1. The highest BCUT2D eigenvalue weighted by atomic mass is 79.9. The summed E-state index contributed by atoms with van der Waals surface area (Å²) in [5.74, 6) is 0.0106. The van der Waals surface area contributed by atoms with Crippen molar-refractivity contribution in [2.45, 2.75) is 17.4 Å². The first-order chi connectivity index (χ1) is 8.80. The number of hydrogen-bond acceptors (Lipinski definition) is 4. The largest absolute Gasteiger partial charge is 0.338 e. The summed E-state index contributed by atoms with van der Waals surface area (Å²) in [7, 11) is -1.35. The second kappa shape index (κ2) is 5.46. The molecule has 1 unspecified atom stereocenters. The van der Waals surface area contributed by atoms with Crippen LogP contribution in [-0.2, 0) is 9.84 Å². The Morgan fingerprint density at radius 3 is 2.68 bits per heavy atom. The van der Waals surface area contributed by atoms with Crippen molar-refractivity contribution >= 4 is 44.3 Å². The van der Waals surface area contributed by atoms with Crippen LogP contribution >= 0.6 is 28.6 Å². The van der Waals surface area contributed by atoms with Crippen LogP contribution in [0.2, 0.25) is 0 Å². The molecule has 104 valence electrons. The molecular formula is C12H14BrNO3S2. The van der Waals surface area contributed by atoms with Gasteiger partial charge < -0.3 is 4.90 Å². The molecule has 0 bridgehead atoms. The van der Waals surface area contributed by atoms with Crippen molar-refractivity contribution < 1.29 is 13.2 Å². The minimum atomic E-state index is -2.99. The number of carbonyl (C=O) groups is 1. The Labute approximate surface area is 126 Å². The lowest BCUT2D eigenvalue weighted by molar-refractivity contribution is 0.0744. The molecule has 1 amide bonds. The van der Waals surface area contributed by atoms with E-state index >= 15 is 0 Å². The Morgan fingerprint density at radius 1 is 1.47 bits per heavy atom. The summed E-state index contributed by atoms with van der Waals surface area (Å²) in [4.78, 5) is 14.4. The number of amides is 1. The monoisotopic (exact) mass is 363 g/mol. The van der Waals surface area contributed by atoms with Crippen LogP contribution < -0.4 is 0 Å². The molecule has 0 aromatic heterocycles. The third kappa shape index (κ3) is 3.32. The van der Waals surface area contributed by atoms with Gasteiger partial charge in [0.25, 0.3) is 5.91 Å². The van der Waals surface area contributed by atoms with E-state index < -0.39 is 9.84 Å². The Balaban J connectivity index is 2.20. The zero-order chi connectivity index (χ0) is 14.2. The lowest BCUT2D eigenvalue weighted by atomic mass is 10.1. The molecule has 1 fully saturated rings. The van der Waals surface area contributed by atoms with Crippen LogP contribution in [-0.4, -0.2) is 43.8 Å². The molecule has 1 heterocycles. The van der Waals surface area contributed by atoms with Crippen molar-refractivity contribution in [2.24, 2.45) is 0 Å². The smallest absolute Gasteiger partial charge is 0.255 e. The van der Waals surface area contributed by atoms with Crippen LogP contribution in [0.4, 0.5) is 0 Å². The van der Waals surface area contributed by atoms with E-state index in [0.717, 1.165) is 4.47 Å². The molecule has 7 heteroatoms. The van der Waals surface area contributed by atoms with Crippen LogP contribution in [0.1, 0.15) is 16.8 Å². The summed E-state index contributed by atoms with van der Waals surface area (Å²) >= 11 is 7.59. The van der Waals surface area contributed by atoms with Crippen molar-refractivity contribution in [1.82, 2.24) is 4.90 Å². The minimum absolute atomic E-state index is 0.0493. The highest BCUT2D eigenvalue weighted by Gasteiger charge is 2.33. The van der Waals surface area contributed by atoms with E-state index in [2.05, 4.69) is 28.6 Å². The van der Waals surface area contributed by atoms with Crippen LogP contribution in [0.3, 0.4) is 0 Å². The number of carbonyl (C=O) groups excluding carboxylic acids is 1. The van der Waals surface area contributed by atoms with Crippen molar-refractivity contribution in [2.75, 3.05) is 18.6 Å². The minimum Gasteiger partial charge on any atom is -0.338 e. The number of sulfone groups is 1. The lowest BCUT2D eigenvalue weighted by Gasteiger charge is -2.24. The Morgan fingerprint density at radius 2 is 2.16 bits per heavy atom. The molecule has 1 aromatic rings. The maximum Gasteiger partial charge on any atom is 0.255 e. The van der Waals surface area contributed by atoms with Gasteiger partial charge in [-0.15, -0.1) is 12.6 Å². The molecule has 0 radical (unpaired) electrons. The summed E-state index contributed by atoms with van der Waals surface area (Å²) in [5.41, 5.74) is 0.485. The SMILES string of the molecule is CN(C(=O)c1ccc(Br)cc1S)C1CCS(=O)(=O)C1. The van der Waals surface area contributed by atoms with Crippen LogP contribution in [0.15, 0.2) is 27.6 Å². The first kappa shape index (κ1) is 14.9. The quantitative estimate of drug-likeness (QED) is 0.817. The van der Waals surface area contributed by atoms with Crippen molar-refractivity contribution in [3.8, 4) is 0 Å². The van der Waals surface area contributed by atoms with Crippen LogP contribution in [0, 0.1) is 0 Å². The number of halogens is 1. The summed E-state index contributed by atoms with van der Waals surface area (Å²) < 4.78 is 23.8. The van der Waals surface area contributed by atoms with Gasteiger partial charge in [-0.05, 0) is 24.6 Å². The van der Waals surface area contributed by atoms with Crippen molar-refractivity contribution in [3.63, 3.8) is 0 Å². The van der Waals surface area contributed by atoms with Gasteiger partial charge in [0.1, 0.15) is 0 Å². The fourth-order valence-corrected chi connectivity index (χ4v) is 4.74. The van der Waals surface area contributed by atoms with Gasteiger partial charge in [-0.25, -0.2) is 8.42 Å². The van der Waals surface area contributed by atoms with E-state index in [9.17, 15) is 13.2 Å². The fraction of sp³-hybridized carbons (Fsp3) is 0.417. The first-order valence-corrected chi connectivity index (χ1v) is 8.82. The van der Waals surface area contributed by atoms with Crippen molar-refractivity contribution in [3.05, 3.63) is 28.2 Å². The van der Waals surface area contributed by atoms with Gasteiger partial charge in [-0.1, -0.05) is 15.9 Å². The number of nitrogens with zero attached hydrogens (tertiary/aromatic N) is 1. The van der Waals surface area contributed by atoms with E-state index in [4.69, 9.17) is 0 Å². The maximum absolute atomic E-state index is 12.3. The van der Waals surface area contributed by atoms with Crippen LogP contribution in [0.5, 0.6) is 0 Å². The van der Waals surface area contributed by atoms with E-state index in [1.807, 2.05) is 0 Å². The molecule has 0 spiro atoms. The summed E-state index contributed by atoms with van der Waals surface area (Å²) in [5, 5.41) is 0. The molecule has 0 N–H and O–H groups in total. The molecule has 1 atom stereocenters. The summed E-state index contributed by atoms with van der Waals surface area (Å²) in [6.45, 7) is 0. The van der Waals surface area contributed by atoms with Gasteiger partial charge in [-0.2, -0.15) is 0 Å². The van der Waals surface area contributed by atoms with E-state index in [0.29, 0.717) is 16.9 Å². The predicted octanol–water partition coefficient (Wildman–Crippen LogP) is 2.00. The molecule has 1 aliphatic rings. The molecule has 2 rings (SSSR count). The first-order valence-electron chi connectivity index (χ1n) is 5.76. The van der Waals surface area contributed by atoms with Gasteiger partial charge in [0.2, 0.25) is 0 Å². The Bertz CT molecular complexity index is 615. The molecule has 4 nitrogen and oxygen atoms in total. The summed E-state index contributed by atoms with van der Waals surface area (Å²) in [6.07, 6.45) is 0.503. The second-order valence-electron chi connectivity index (χ2n) is 4.63. The van der Waals surface area contributed by atoms with E-state index in [-0.39, 0.29) is 23.5 Å². The molecule has 0 aliphatic carbocycles. The number of rotatable bonds is 2. The number of hydrogen-bond donors (Lipinski definition) is 1. The van der Waals surface area contributed by atoms with Gasteiger partial charge in [0, 0.05) is 22.5 Å². The van der Waals surface area contributed by atoms with Gasteiger partial charge in [0.15, 0.2) is 9.84 Å². The third-order valence-electron chi connectivity index (χ3n) is 3.27. The second-order valence-corrected chi connectivity index (χ2v) is 8.26. The molecular weight excluding hydrogens is 350 g/mol. The average molecular weight is 364 g/mol.